The van der Waals surface area contributed by atoms with E-state index < -0.39 is 0 Å². The second kappa shape index (κ2) is 11.3. The summed E-state index contributed by atoms with van der Waals surface area (Å²) >= 11 is 0. The smallest absolute Gasteiger partial charge is 0.160 e. The molecule has 1 aliphatic rings. The van der Waals surface area contributed by atoms with Gasteiger partial charge < -0.3 is 0 Å². The predicted molar refractivity (Wildman–Crippen MR) is 214 cm³/mol. The highest BCUT2D eigenvalue weighted by atomic mass is 14.9. The van der Waals surface area contributed by atoms with Crippen LogP contribution in [-0.2, 0) is 5.41 Å². The highest BCUT2D eigenvalue weighted by molar-refractivity contribution is 6.19. The number of nitrogens with zero attached hydrogens (tertiary/aromatic N) is 2. The van der Waals surface area contributed by atoms with Crippen LogP contribution in [0.25, 0.3) is 88.5 Å². The molecular formula is C49H34N2. The van der Waals surface area contributed by atoms with E-state index in [1.165, 1.54) is 65.7 Å². The van der Waals surface area contributed by atoms with Gasteiger partial charge in [0, 0.05) is 22.1 Å². The maximum atomic E-state index is 5.34. The quantitative estimate of drug-likeness (QED) is 0.140. The third-order valence-electron chi connectivity index (χ3n) is 10.8. The monoisotopic (exact) mass is 650 g/mol. The summed E-state index contributed by atoms with van der Waals surface area (Å²) in [6, 6.07) is 61.2. The lowest BCUT2D eigenvalue weighted by Gasteiger charge is -2.24. The Bertz CT molecular complexity index is 2830. The Morgan fingerprint density at radius 1 is 0.392 bits per heavy atom. The van der Waals surface area contributed by atoms with Gasteiger partial charge in [0.05, 0.1) is 11.4 Å². The highest BCUT2D eigenvalue weighted by Crippen LogP contribution is 2.52. The van der Waals surface area contributed by atoms with Crippen LogP contribution in [0.3, 0.4) is 0 Å². The first kappa shape index (κ1) is 29.5. The van der Waals surface area contributed by atoms with Gasteiger partial charge in [-0.15, -0.1) is 0 Å². The standard InChI is InChI=1S/C49H34N2/c1-49(2)43-25-11-10-22-39(43)41-24-13-23-38(47(41)49)33-18-12-19-35(28-33)44-30-45(51-48(50-44)32-15-4-3-5-16-32)46-37-21-9-7-17-34(37)29-42-36-20-8-6-14-31(36)26-27-40(42)46/h3-30H,1-2H3. The van der Waals surface area contributed by atoms with Crippen molar-refractivity contribution in [3.8, 4) is 56.2 Å². The van der Waals surface area contributed by atoms with Crippen molar-refractivity contribution in [3.05, 3.63) is 181 Å². The number of hydrogen-bond acceptors (Lipinski definition) is 2. The number of aromatic nitrogens is 2. The molecule has 0 N–H and O–H groups in total. The van der Waals surface area contributed by atoms with E-state index in [1.54, 1.807) is 0 Å². The summed E-state index contributed by atoms with van der Waals surface area (Å²) in [4.78, 5) is 10.6. The maximum absolute atomic E-state index is 5.34. The normalized spacial score (nSPS) is 13.1. The number of hydrogen-bond donors (Lipinski definition) is 0. The lowest BCUT2D eigenvalue weighted by molar-refractivity contribution is 0.662. The van der Waals surface area contributed by atoms with E-state index in [0.29, 0.717) is 5.82 Å². The first-order valence-electron chi connectivity index (χ1n) is 17.7. The lowest BCUT2D eigenvalue weighted by Crippen LogP contribution is -2.16. The molecular weight excluding hydrogens is 617 g/mol. The Morgan fingerprint density at radius 2 is 1.04 bits per heavy atom. The topological polar surface area (TPSA) is 25.8 Å². The highest BCUT2D eigenvalue weighted by Gasteiger charge is 2.37. The maximum Gasteiger partial charge on any atom is 0.160 e. The summed E-state index contributed by atoms with van der Waals surface area (Å²) in [5, 5.41) is 7.27. The summed E-state index contributed by atoms with van der Waals surface area (Å²) in [6.07, 6.45) is 0. The summed E-state index contributed by atoms with van der Waals surface area (Å²) < 4.78 is 0. The van der Waals surface area contributed by atoms with Crippen LogP contribution < -0.4 is 0 Å². The molecule has 0 atom stereocenters. The molecule has 51 heavy (non-hydrogen) atoms. The minimum absolute atomic E-state index is 0.110. The van der Waals surface area contributed by atoms with Crippen LogP contribution in [0.2, 0.25) is 0 Å². The fourth-order valence-electron chi connectivity index (χ4n) is 8.47. The van der Waals surface area contributed by atoms with E-state index in [0.717, 1.165) is 28.1 Å². The van der Waals surface area contributed by atoms with Gasteiger partial charge in [-0.1, -0.05) is 166 Å². The Labute approximate surface area is 297 Å². The molecule has 1 heterocycles. The summed E-state index contributed by atoms with van der Waals surface area (Å²) in [5.41, 5.74) is 12.8. The molecule has 9 aromatic rings. The van der Waals surface area contributed by atoms with Crippen molar-refractivity contribution < 1.29 is 0 Å². The van der Waals surface area contributed by atoms with Gasteiger partial charge in [0.2, 0.25) is 0 Å². The Kier molecular flexibility index (Phi) is 6.56. The van der Waals surface area contributed by atoms with E-state index >= 15 is 0 Å². The van der Waals surface area contributed by atoms with Gasteiger partial charge in [0.15, 0.2) is 5.82 Å². The Morgan fingerprint density at radius 3 is 1.92 bits per heavy atom. The molecule has 0 unspecified atom stereocenters. The molecule has 0 saturated carbocycles. The molecule has 0 aliphatic heterocycles. The van der Waals surface area contributed by atoms with E-state index in [9.17, 15) is 0 Å². The molecule has 8 aromatic carbocycles. The first-order chi connectivity index (χ1) is 25.0. The zero-order valence-corrected chi connectivity index (χ0v) is 28.6. The number of benzene rings is 8. The van der Waals surface area contributed by atoms with Crippen molar-refractivity contribution in [3.63, 3.8) is 0 Å². The number of rotatable bonds is 4. The molecule has 10 rings (SSSR count). The van der Waals surface area contributed by atoms with E-state index in [2.05, 4.69) is 178 Å². The first-order valence-corrected chi connectivity index (χ1v) is 17.7. The fourth-order valence-corrected chi connectivity index (χ4v) is 8.47. The van der Waals surface area contributed by atoms with Gasteiger partial charge >= 0.3 is 0 Å². The van der Waals surface area contributed by atoms with Gasteiger partial charge in [-0.3, -0.25) is 0 Å². The lowest BCUT2D eigenvalue weighted by atomic mass is 9.78. The van der Waals surface area contributed by atoms with Gasteiger partial charge in [0.1, 0.15) is 0 Å². The molecule has 1 aromatic heterocycles. The van der Waals surface area contributed by atoms with Crippen LogP contribution >= 0.6 is 0 Å². The van der Waals surface area contributed by atoms with E-state index in [-0.39, 0.29) is 5.41 Å². The second-order valence-corrected chi connectivity index (χ2v) is 14.2. The number of fused-ring (bicyclic) bond motifs is 7. The van der Waals surface area contributed by atoms with Gasteiger partial charge in [0.25, 0.3) is 0 Å². The van der Waals surface area contributed by atoms with Crippen molar-refractivity contribution in [2.75, 3.05) is 0 Å². The van der Waals surface area contributed by atoms with Crippen LogP contribution in [-0.4, -0.2) is 9.97 Å². The molecule has 0 radical (unpaired) electrons. The van der Waals surface area contributed by atoms with Crippen molar-refractivity contribution in [2.24, 2.45) is 0 Å². The molecule has 0 fully saturated rings. The SMILES string of the molecule is CC1(C)c2ccccc2-c2cccc(-c3cccc(-c4cc(-c5c6ccccc6cc6c5ccc5ccccc56)nc(-c5ccccc5)n4)c3)c21. The molecule has 240 valence electrons. The van der Waals surface area contributed by atoms with Crippen LogP contribution in [0.1, 0.15) is 25.0 Å². The van der Waals surface area contributed by atoms with Gasteiger partial charge in [-0.2, -0.15) is 0 Å². The van der Waals surface area contributed by atoms with Gasteiger partial charge in [-0.25, -0.2) is 9.97 Å². The third kappa shape index (κ3) is 4.64. The largest absolute Gasteiger partial charge is 0.228 e. The minimum atomic E-state index is -0.110. The Hall–Kier alpha value is -6.38. The van der Waals surface area contributed by atoms with Crippen molar-refractivity contribution >= 4 is 32.3 Å². The molecule has 0 saturated heterocycles. The van der Waals surface area contributed by atoms with E-state index in [1.807, 2.05) is 6.07 Å². The molecule has 2 heteroatoms. The second-order valence-electron chi connectivity index (χ2n) is 14.2. The molecule has 0 spiro atoms. The van der Waals surface area contributed by atoms with Crippen LogP contribution in [0.5, 0.6) is 0 Å². The van der Waals surface area contributed by atoms with Crippen molar-refractivity contribution in [1.82, 2.24) is 9.97 Å². The fraction of sp³-hybridized carbons (Fsp3) is 0.0612. The zero-order chi connectivity index (χ0) is 34.1. The summed E-state index contributed by atoms with van der Waals surface area (Å²) in [6.45, 7) is 4.71. The minimum Gasteiger partial charge on any atom is -0.228 e. The average Bonchev–Trinajstić information content (AvgIpc) is 3.43. The van der Waals surface area contributed by atoms with Crippen LogP contribution in [0.4, 0.5) is 0 Å². The summed E-state index contributed by atoms with van der Waals surface area (Å²) in [5.74, 6) is 0.715. The van der Waals surface area contributed by atoms with Crippen LogP contribution in [0, 0.1) is 0 Å². The summed E-state index contributed by atoms with van der Waals surface area (Å²) in [7, 11) is 0. The molecule has 0 amide bonds. The van der Waals surface area contributed by atoms with Crippen molar-refractivity contribution in [2.45, 2.75) is 19.3 Å². The zero-order valence-electron chi connectivity index (χ0n) is 28.6. The predicted octanol–water partition coefficient (Wildman–Crippen LogP) is 12.9. The average molecular weight is 651 g/mol. The third-order valence-corrected chi connectivity index (χ3v) is 10.8. The van der Waals surface area contributed by atoms with Crippen molar-refractivity contribution in [1.29, 1.82) is 0 Å². The molecule has 0 bridgehead atoms. The van der Waals surface area contributed by atoms with Crippen LogP contribution in [0.15, 0.2) is 170 Å². The Balaban J connectivity index is 1.21. The van der Waals surface area contributed by atoms with Gasteiger partial charge in [-0.05, 0) is 83.9 Å². The van der Waals surface area contributed by atoms with E-state index in [4.69, 9.17) is 9.97 Å². The molecule has 2 nitrogen and oxygen atoms in total. The molecule has 1 aliphatic carbocycles.